The molecular weight excluding hydrogens is 443 g/mol. The van der Waals surface area contributed by atoms with E-state index >= 15 is 0 Å². The lowest BCUT2D eigenvalue weighted by molar-refractivity contribution is -0.147. The molecule has 0 bridgehead atoms. The van der Waals surface area contributed by atoms with E-state index < -0.39 is 6.10 Å². The topological polar surface area (TPSA) is 58.6 Å². The number of halogens is 2. The Balaban J connectivity index is 1.38. The molecule has 0 radical (unpaired) electrons. The minimum Gasteiger partial charge on any atom is -0.365 e. The quantitative estimate of drug-likeness (QED) is 0.566. The molecule has 4 heterocycles. The highest BCUT2D eigenvalue weighted by atomic mass is 35.5. The molecule has 1 saturated heterocycles. The highest BCUT2D eigenvalue weighted by Gasteiger charge is 2.36. The number of carbonyl (C=O) groups is 1. The van der Waals surface area contributed by atoms with Gasteiger partial charge in [-0.25, -0.2) is 4.98 Å². The van der Waals surface area contributed by atoms with E-state index in [2.05, 4.69) is 14.9 Å². The molecule has 2 aliphatic heterocycles. The molecule has 1 aromatic carbocycles. The number of carbonyl (C=O) groups excluding carboxylic acids is 1. The first-order valence-electron chi connectivity index (χ1n) is 9.85. The van der Waals surface area contributed by atoms with Crippen molar-refractivity contribution in [3.8, 4) is 0 Å². The van der Waals surface area contributed by atoms with E-state index in [1.807, 2.05) is 29.6 Å². The Morgan fingerprint density at radius 3 is 3.00 bits per heavy atom. The highest BCUT2D eigenvalue weighted by Crippen LogP contribution is 2.37. The van der Waals surface area contributed by atoms with Gasteiger partial charge in [0.15, 0.2) is 6.10 Å². The number of anilines is 1. The van der Waals surface area contributed by atoms with Crippen molar-refractivity contribution in [1.29, 1.82) is 0 Å². The summed E-state index contributed by atoms with van der Waals surface area (Å²) in [5.41, 5.74) is 5.79. The zero-order valence-electron chi connectivity index (χ0n) is 16.3. The van der Waals surface area contributed by atoms with Gasteiger partial charge in [0.1, 0.15) is 5.52 Å². The van der Waals surface area contributed by atoms with Crippen molar-refractivity contribution < 1.29 is 9.53 Å². The summed E-state index contributed by atoms with van der Waals surface area (Å²) in [6, 6.07) is 3.56. The molecule has 0 N–H and O–H groups in total. The molecule has 0 saturated carbocycles. The van der Waals surface area contributed by atoms with Gasteiger partial charge in [-0.2, -0.15) is 0 Å². The number of ether oxygens (including phenoxy) is 1. The van der Waals surface area contributed by atoms with Crippen molar-refractivity contribution >= 4 is 56.3 Å². The summed E-state index contributed by atoms with van der Waals surface area (Å²) in [6.07, 6.45) is 3.81. The molecule has 3 aromatic rings. The Morgan fingerprint density at radius 1 is 1.27 bits per heavy atom. The molecule has 0 unspecified atom stereocenters. The lowest BCUT2D eigenvalue weighted by Crippen LogP contribution is -2.52. The van der Waals surface area contributed by atoms with Crippen molar-refractivity contribution in [2.45, 2.75) is 25.5 Å². The fourth-order valence-corrected chi connectivity index (χ4v) is 5.90. The maximum absolute atomic E-state index is 13.4. The third kappa shape index (κ3) is 3.43. The average molecular weight is 463 g/mol. The second-order valence-corrected chi connectivity index (χ2v) is 9.28. The van der Waals surface area contributed by atoms with Crippen LogP contribution in [0.2, 0.25) is 10.0 Å². The standard InChI is InChI=1S/C21H20Cl2N4O2S/c1-12-19-13(6-14(22)7-15(19)23)2-3-27(12)21(28)18-10-26(4-5-29-18)17-9-24-8-16-20(17)30-11-25-16/h6-9,11-12,18H,2-5,10H2,1H3/t12-,18+/m0/s1. The number of aromatic nitrogens is 2. The number of thiazole rings is 1. The van der Waals surface area contributed by atoms with E-state index in [-0.39, 0.29) is 11.9 Å². The summed E-state index contributed by atoms with van der Waals surface area (Å²) in [6.45, 7) is 4.32. The SMILES string of the molecule is C[C@H]1c2c(Cl)cc(Cl)cc2CCN1C(=O)[C@H]1CN(c2cncc3ncsc23)CCO1. The second-order valence-electron chi connectivity index (χ2n) is 7.58. The zero-order valence-corrected chi connectivity index (χ0v) is 18.7. The summed E-state index contributed by atoms with van der Waals surface area (Å²) in [4.78, 5) is 26.1. The van der Waals surface area contributed by atoms with Gasteiger partial charge in [-0.1, -0.05) is 23.2 Å². The van der Waals surface area contributed by atoms with E-state index in [1.165, 1.54) is 0 Å². The molecule has 1 fully saturated rings. The minimum absolute atomic E-state index is 0.00620. The Labute approximate surface area is 188 Å². The fraction of sp³-hybridized carbons (Fsp3) is 0.381. The molecule has 5 rings (SSSR count). The summed E-state index contributed by atoms with van der Waals surface area (Å²) >= 11 is 14.2. The molecule has 6 nitrogen and oxygen atoms in total. The van der Waals surface area contributed by atoms with Crippen molar-refractivity contribution in [3.63, 3.8) is 0 Å². The monoisotopic (exact) mass is 462 g/mol. The molecule has 2 aromatic heterocycles. The Hall–Kier alpha value is -1.93. The van der Waals surface area contributed by atoms with Crippen LogP contribution in [0.4, 0.5) is 5.69 Å². The Kier molecular flexibility index (Phi) is 5.31. The normalized spacial score (nSPS) is 21.7. The van der Waals surface area contributed by atoms with E-state index in [9.17, 15) is 4.79 Å². The van der Waals surface area contributed by atoms with Gasteiger partial charge in [0.05, 0.1) is 47.5 Å². The maximum atomic E-state index is 13.4. The number of benzene rings is 1. The Morgan fingerprint density at radius 2 is 2.13 bits per heavy atom. The maximum Gasteiger partial charge on any atom is 0.254 e. The van der Waals surface area contributed by atoms with E-state index in [0.29, 0.717) is 36.3 Å². The molecule has 156 valence electrons. The molecular formula is C21H20Cl2N4O2S. The molecule has 0 aliphatic carbocycles. The number of pyridine rings is 1. The van der Waals surface area contributed by atoms with Crippen LogP contribution in [0.15, 0.2) is 30.0 Å². The Bertz CT molecular complexity index is 1120. The molecule has 2 aliphatic rings. The lowest BCUT2D eigenvalue weighted by Gasteiger charge is -2.40. The number of hydrogen-bond donors (Lipinski definition) is 0. The van der Waals surface area contributed by atoms with Crippen LogP contribution in [-0.4, -0.2) is 53.1 Å². The van der Waals surface area contributed by atoms with Gasteiger partial charge >= 0.3 is 0 Å². The summed E-state index contributed by atoms with van der Waals surface area (Å²) in [7, 11) is 0. The largest absolute Gasteiger partial charge is 0.365 e. The van der Waals surface area contributed by atoms with Crippen LogP contribution < -0.4 is 4.90 Å². The fourth-order valence-electron chi connectivity index (χ4n) is 4.41. The molecule has 1 amide bonds. The van der Waals surface area contributed by atoms with Crippen LogP contribution >= 0.6 is 34.5 Å². The van der Waals surface area contributed by atoms with Gasteiger partial charge in [-0.3, -0.25) is 9.78 Å². The smallest absolute Gasteiger partial charge is 0.254 e. The van der Waals surface area contributed by atoms with Crippen molar-refractivity contribution in [2.75, 3.05) is 31.1 Å². The number of hydrogen-bond acceptors (Lipinski definition) is 6. The number of nitrogens with zero attached hydrogens (tertiary/aromatic N) is 4. The predicted octanol–water partition coefficient (Wildman–Crippen LogP) is 4.35. The predicted molar refractivity (Wildman–Crippen MR) is 120 cm³/mol. The summed E-state index contributed by atoms with van der Waals surface area (Å²) in [5, 5.41) is 1.24. The van der Waals surface area contributed by atoms with Gasteiger partial charge in [0, 0.05) is 23.1 Å². The van der Waals surface area contributed by atoms with Crippen LogP contribution in [0.25, 0.3) is 10.2 Å². The van der Waals surface area contributed by atoms with Gasteiger partial charge in [-0.05, 0) is 36.6 Å². The number of rotatable bonds is 2. The van der Waals surface area contributed by atoms with Gasteiger partial charge in [0.2, 0.25) is 0 Å². The second kappa shape index (κ2) is 7.96. The summed E-state index contributed by atoms with van der Waals surface area (Å²) < 4.78 is 6.99. The molecule has 2 atom stereocenters. The number of morpholine rings is 1. The molecule has 0 spiro atoms. The van der Waals surface area contributed by atoms with Crippen LogP contribution in [0.1, 0.15) is 24.1 Å². The van der Waals surface area contributed by atoms with Crippen LogP contribution in [-0.2, 0) is 16.0 Å². The summed E-state index contributed by atoms with van der Waals surface area (Å²) in [5.74, 6) is -0.00620. The first-order valence-corrected chi connectivity index (χ1v) is 11.5. The first-order chi connectivity index (χ1) is 14.5. The highest BCUT2D eigenvalue weighted by molar-refractivity contribution is 7.17. The zero-order chi connectivity index (χ0) is 20.8. The third-order valence-electron chi connectivity index (χ3n) is 5.87. The average Bonchev–Trinajstić information content (AvgIpc) is 3.22. The molecule has 9 heteroatoms. The third-order valence-corrected chi connectivity index (χ3v) is 7.27. The van der Waals surface area contributed by atoms with Crippen LogP contribution in [0.5, 0.6) is 0 Å². The van der Waals surface area contributed by atoms with E-state index in [4.69, 9.17) is 27.9 Å². The van der Waals surface area contributed by atoms with Crippen molar-refractivity contribution in [3.05, 3.63) is 51.2 Å². The van der Waals surface area contributed by atoms with E-state index in [1.54, 1.807) is 23.6 Å². The van der Waals surface area contributed by atoms with Crippen LogP contribution in [0, 0.1) is 0 Å². The lowest BCUT2D eigenvalue weighted by atomic mass is 9.93. The van der Waals surface area contributed by atoms with Gasteiger partial charge < -0.3 is 14.5 Å². The number of fused-ring (bicyclic) bond motifs is 2. The first kappa shape index (κ1) is 20.0. The van der Waals surface area contributed by atoms with Crippen molar-refractivity contribution in [2.24, 2.45) is 0 Å². The van der Waals surface area contributed by atoms with E-state index in [0.717, 1.165) is 33.5 Å². The molecule has 30 heavy (non-hydrogen) atoms. The van der Waals surface area contributed by atoms with Gasteiger partial charge in [0.25, 0.3) is 5.91 Å². The number of amides is 1. The minimum atomic E-state index is -0.531. The van der Waals surface area contributed by atoms with Crippen molar-refractivity contribution in [1.82, 2.24) is 14.9 Å². The van der Waals surface area contributed by atoms with Crippen LogP contribution in [0.3, 0.4) is 0 Å². The van der Waals surface area contributed by atoms with Gasteiger partial charge in [-0.15, -0.1) is 11.3 Å².